The zero-order chi connectivity index (χ0) is 31.6. The number of furan rings is 1. The Bertz CT molecular complexity index is 1900. The first-order valence-electron chi connectivity index (χ1n) is 14.1. The van der Waals surface area contributed by atoms with Crippen LogP contribution in [0, 0.1) is 0 Å². The number of carbonyl (C=O) groups is 1. The fourth-order valence-electron chi connectivity index (χ4n) is 5.11. The van der Waals surface area contributed by atoms with Gasteiger partial charge in [0.25, 0.3) is 10.0 Å². The molecule has 1 aliphatic heterocycles. The van der Waals surface area contributed by atoms with Crippen LogP contribution < -0.4 is 10.1 Å². The summed E-state index contributed by atoms with van der Waals surface area (Å²) in [5, 5.41) is 3.16. The first-order chi connectivity index (χ1) is 21.6. The molecule has 232 valence electrons. The smallest absolute Gasteiger partial charge is 0.416 e. The van der Waals surface area contributed by atoms with Crippen LogP contribution in [0.4, 0.5) is 13.2 Å². The number of carbonyl (C=O) groups excluding carboxylic acids is 1. The molecule has 3 heterocycles. The summed E-state index contributed by atoms with van der Waals surface area (Å²) in [7, 11) is -4.09. The highest BCUT2D eigenvalue weighted by atomic mass is 32.2. The van der Waals surface area contributed by atoms with Crippen molar-refractivity contribution in [2.45, 2.75) is 43.3 Å². The Morgan fingerprint density at radius 2 is 1.71 bits per heavy atom. The lowest BCUT2D eigenvalue weighted by Crippen LogP contribution is -2.45. The molecule has 1 aliphatic rings. The molecule has 0 saturated carbocycles. The topological polar surface area (TPSA) is 115 Å². The van der Waals surface area contributed by atoms with Gasteiger partial charge in [-0.25, -0.2) is 8.42 Å². The quantitative estimate of drug-likeness (QED) is 0.213. The van der Waals surface area contributed by atoms with Crippen molar-refractivity contribution >= 4 is 26.9 Å². The molecule has 1 amide bonds. The third-order valence-corrected chi connectivity index (χ3v) is 9.16. The fraction of sp³-hybridized carbons (Fsp3) is 0.219. The second-order valence-electron chi connectivity index (χ2n) is 10.5. The van der Waals surface area contributed by atoms with E-state index in [1.165, 1.54) is 24.3 Å². The van der Waals surface area contributed by atoms with E-state index >= 15 is 0 Å². The van der Waals surface area contributed by atoms with Crippen LogP contribution in [-0.4, -0.2) is 41.2 Å². The number of ether oxygens (including phenoxy) is 1. The van der Waals surface area contributed by atoms with Crippen LogP contribution in [0.1, 0.15) is 29.7 Å². The van der Waals surface area contributed by atoms with Gasteiger partial charge in [0.2, 0.25) is 11.0 Å². The summed E-state index contributed by atoms with van der Waals surface area (Å²) in [5.74, 6) is -0.520. The van der Waals surface area contributed by atoms with Crippen molar-refractivity contribution in [1.82, 2.24) is 19.6 Å². The van der Waals surface area contributed by atoms with Gasteiger partial charge in [-0.2, -0.15) is 27.4 Å². The number of halogens is 3. The molecule has 0 bridgehead atoms. The number of hydrogen-bond acceptors (Lipinski definition) is 7. The number of rotatable bonds is 9. The molecule has 0 unspecified atom stereocenters. The summed E-state index contributed by atoms with van der Waals surface area (Å²) < 4.78 is 78.8. The number of benzene rings is 3. The first-order valence-corrected chi connectivity index (χ1v) is 15.5. The minimum Gasteiger partial charge on any atom is -0.459 e. The van der Waals surface area contributed by atoms with Gasteiger partial charge in [-0.1, -0.05) is 60.7 Å². The van der Waals surface area contributed by atoms with Gasteiger partial charge in [0, 0.05) is 23.6 Å². The van der Waals surface area contributed by atoms with Gasteiger partial charge >= 0.3 is 12.2 Å². The van der Waals surface area contributed by atoms with Crippen LogP contribution >= 0.6 is 0 Å². The third-order valence-electron chi connectivity index (χ3n) is 7.39. The SMILES string of the molecule is O=C(NCc1cc(-c2ccc(C(F)(F)F)cc2)nc(OCc2ccccc2)n1)[C@@H]1CCCN1S(=O)(=O)c1cc2ccccc2o1. The van der Waals surface area contributed by atoms with E-state index < -0.39 is 33.7 Å². The molecule has 5 aromatic rings. The molecule has 1 fully saturated rings. The predicted molar refractivity (Wildman–Crippen MR) is 158 cm³/mol. The van der Waals surface area contributed by atoms with Gasteiger partial charge in [-0.3, -0.25) is 4.79 Å². The van der Waals surface area contributed by atoms with Gasteiger partial charge in [-0.05, 0) is 42.7 Å². The van der Waals surface area contributed by atoms with Crippen LogP contribution in [0.15, 0.2) is 101 Å². The molecule has 9 nitrogen and oxygen atoms in total. The van der Waals surface area contributed by atoms with E-state index in [1.807, 2.05) is 30.3 Å². The molecule has 45 heavy (non-hydrogen) atoms. The highest BCUT2D eigenvalue weighted by Gasteiger charge is 2.41. The molecule has 1 N–H and O–H groups in total. The van der Waals surface area contributed by atoms with Crippen molar-refractivity contribution < 1.29 is 35.5 Å². The molecule has 0 radical (unpaired) electrons. The fourth-order valence-corrected chi connectivity index (χ4v) is 6.72. The van der Waals surface area contributed by atoms with E-state index in [0.29, 0.717) is 40.8 Å². The van der Waals surface area contributed by atoms with Gasteiger partial charge in [0.05, 0.1) is 23.5 Å². The Kier molecular flexibility index (Phi) is 8.30. The molecule has 2 aromatic heterocycles. The highest BCUT2D eigenvalue weighted by Crippen LogP contribution is 2.32. The number of amides is 1. The molecular formula is C32H27F3N4O5S. The van der Waals surface area contributed by atoms with E-state index in [0.717, 1.165) is 22.0 Å². The van der Waals surface area contributed by atoms with Crippen molar-refractivity contribution in [3.8, 4) is 17.3 Å². The Hall–Kier alpha value is -4.75. The number of hydrogen-bond donors (Lipinski definition) is 1. The number of nitrogens with zero attached hydrogens (tertiary/aromatic N) is 3. The number of sulfonamides is 1. The maximum absolute atomic E-state index is 13.5. The zero-order valence-corrected chi connectivity index (χ0v) is 24.5. The van der Waals surface area contributed by atoms with Crippen LogP contribution in [0.2, 0.25) is 0 Å². The van der Waals surface area contributed by atoms with Crippen molar-refractivity contribution in [3.63, 3.8) is 0 Å². The van der Waals surface area contributed by atoms with E-state index in [1.54, 1.807) is 24.3 Å². The second kappa shape index (κ2) is 12.3. The van der Waals surface area contributed by atoms with Gasteiger partial charge in [-0.15, -0.1) is 0 Å². The maximum atomic E-state index is 13.5. The zero-order valence-electron chi connectivity index (χ0n) is 23.7. The monoisotopic (exact) mass is 636 g/mol. The van der Waals surface area contributed by atoms with E-state index in [9.17, 15) is 26.4 Å². The summed E-state index contributed by atoms with van der Waals surface area (Å²) in [6.45, 7) is 0.187. The summed E-state index contributed by atoms with van der Waals surface area (Å²) in [6.07, 6.45) is -3.69. The van der Waals surface area contributed by atoms with Crippen molar-refractivity contribution in [2.24, 2.45) is 0 Å². The minimum atomic E-state index is -4.49. The molecule has 1 saturated heterocycles. The Morgan fingerprint density at radius 1 is 0.978 bits per heavy atom. The van der Waals surface area contributed by atoms with Crippen molar-refractivity contribution in [2.75, 3.05) is 6.54 Å². The minimum absolute atomic E-state index is 0.0320. The Balaban J connectivity index is 1.21. The number of aromatic nitrogens is 2. The average molecular weight is 637 g/mol. The summed E-state index contributed by atoms with van der Waals surface area (Å²) in [6, 6.07) is 22.7. The van der Waals surface area contributed by atoms with Gasteiger partial charge < -0.3 is 14.5 Å². The number of fused-ring (bicyclic) bond motifs is 1. The lowest BCUT2D eigenvalue weighted by Gasteiger charge is -2.22. The molecule has 6 rings (SSSR count). The van der Waals surface area contributed by atoms with Gasteiger partial charge in [0.1, 0.15) is 18.2 Å². The molecule has 0 aliphatic carbocycles. The van der Waals surface area contributed by atoms with E-state index in [-0.39, 0.29) is 30.8 Å². The van der Waals surface area contributed by atoms with Crippen LogP contribution in [0.5, 0.6) is 6.01 Å². The van der Waals surface area contributed by atoms with E-state index in [2.05, 4.69) is 15.3 Å². The second-order valence-corrected chi connectivity index (χ2v) is 12.3. The molecule has 1 atom stereocenters. The number of nitrogens with one attached hydrogen (secondary N) is 1. The van der Waals surface area contributed by atoms with Crippen LogP contribution in [-0.2, 0) is 34.1 Å². The predicted octanol–water partition coefficient (Wildman–Crippen LogP) is 5.96. The largest absolute Gasteiger partial charge is 0.459 e. The Morgan fingerprint density at radius 3 is 2.44 bits per heavy atom. The number of para-hydroxylation sites is 1. The standard InChI is InChI=1S/C32H27F3N4O5S/c33-32(34,35)24-14-12-22(13-15-24)26-18-25(37-31(38-26)43-20-21-7-2-1-3-8-21)19-36-30(40)27-10-6-16-39(27)45(41,42)29-17-23-9-4-5-11-28(23)44-29/h1-5,7-9,11-15,17-18,27H,6,10,16,19-20H2,(H,36,40)/t27-/m0/s1. The van der Waals surface area contributed by atoms with Crippen molar-refractivity contribution in [1.29, 1.82) is 0 Å². The summed E-state index contributed by atoms with van der Waals surface area (Å²) in [5.41, 5.74) is 1.48. The summed E-state index contributed by atoms with van der Waals surface area (Å²) >= 11 is 0. The number of alkyl halides is 3. The first kappa shape index (κ1) is 30.3. The van der Waals surface area contributed by atoms with Crippen LogP contribution in [0.25, 0.3) is 22.2 Å². The van der Waals surface area contributed by atoms with E-state index in [4.69, 9.17) is 9.15 Å². The maximum Gasteiger partial charge on any atom is 0.416 e. The molecule has 3 aromatic carbocycles. The third kappa shape index (κ3) is 6.69. The van der Waals surface area contributed by atoms with Crippen molar-refractivity contribution in [3.05, 3.63) is 108 Å². The normalized spacial score (nSPS) is 15.8. The average Bonchev–Trinajstić information content (AvgIpc) is 3.72. The summed E-state index contributed by atoms with van der Waals surface area (Å²) in [4.78, 5) is 22.1. The molecule has 0 spiro atoms. The van der Waals surface area contributed by atoms with Crippen LogP contribution in [0.3, 0.4) is 0 Å². The molecule has 13 heteroatoms. The Labute approximate surface area is 256 Å². The highest BCUT2D eigenvalue weighted by molar-refractivity contribution is 7.89. The molecular weight excluding hydrogens is 609 g/mol. The van der Waals surface area contributed by atoms with Gasteiger partial charge in [0.15, 0.2) is 0 Å². The lowest BCUT2D eigenvalue weighted by molar-refractivity contribution is -0.137. The lowest BCUT2D eigenvalue weighted by atomic mass is 10.1.